The molecule has 1 rings (SSSR count). The Hall–Kier alpha value is -1.35. The van der Waals surface area contributed by atoms with Crippen LogP contribution in [-0.4, -0.2) is 12.0 Å². The standard InChI is InChI=1S/C11H15NO2/c1-8(2)14-7-9-4-3-5-10(6-9)11(12)13/h3-6,8H,7H2,1-2H3,(H2,12,13). The van der Waals surface area contributed by atoms with Gasteiger partial charge in [-0.1, -0.05) is 12.1 Å². The molecule has 0 spiro atoms. The Bertz CT molecular complexity index is 321. The van der Waals surface area contributed by atoms with E-state index in [1.165, 1.54) is 0 Å². The number of ether oxygens (including phenoxy) is 1. The van der Waals surface area contributed by atoms with E-state index in [4.69, 9.17) is 10.5 Å². The molecule has 1 aromatic carbocycles. The van der Waals surface area contributed by atoms with E-state index in [1.807, 2.05) is 19.9 Å². The Kier molecular flexibility index (Phi) is 3.65. The average molecular weight is 193 g/mol. The molecule has 1 amide bonds. The Labute approximate surface area is 83.9 Å². The fraction of sp³-hybridized carbons (Fsp3) is 0.364. The van der Waals surface area contributed by atoms with Crippen LogP contribution in [0.15, 0.2) is 24.3 Å². The van der Waals surface area contributed by atoms with Crippen molar-refractivity contribution in [1.82, 2.24) is 0 Å². The van der Waals surface area contributed by atoms with E-state index >= 15 is 0 Å². The largest absolute Gasteiger partial charge is 0.374 e. The highest BCUT2D eigenvalue weighted by molar-refractivity contribution is 5.92. The summed E-state index contributed by atoms with van der Waals surface area (Å²) in [4.78, 5) is 10.9. The topological polar surface area (TPSA) is 52.3 Å². The molecule has 1 aromatic rings. The SMILES string of the molecule is CC(C)OCc1cccc(C(N)=O)c1. The van der Waals surface area contributed by atoms with Gasteiger partial charge in [-0.3, -0.25) is 4.79 Å². The van der Waals surface area contributed by atoms with Gasteiger partial charge in [0.15, 0.2) is 0 Å². The lowest BCUT2D eigenvalue weighted by atomic mass is 10.1. The van der Waals surface area contributed by atoms with E-state index in [-0.39, 0.29) is 6.10 Å². The van der Waals surface area contributed by atoms with Gasteiger partial charge in [-0.15, -0.1) is 0 Å². The fourth-order valence-electron chi connectivity index (χ4n) is 1.08. The van der Waals surface area contributed by atoms with Crippen molar-refractivity contribution in [2.75, 3.05) is 0 Å². The molecule has 0 saturated carbocycles. The molecule has 0 heterocycles. The van der Waals surface area contributed by atoms with Crippen molar-refractivity contribution in [3.63, 3.8) is 0 Å². The predicted molar refractivity (Wildman–Crippen MR) is 54.9 cm³/mol. The van der Waals surface area contributed by atoms with Crippen LogP contribution in [-0.2, 0) is 11.3 Å². The molecule has 3 heteroatoms. The van der Waals surface area contributed by atoms with E-state index in [9.17, 15) is 4.79 Å². The molecular formula is C11H15NO2. The molecule has 0 unspecified atom stereocenters. The Morgan fingerprint density at radius 2 is 2.21 bits per heavy atom. The van der Waals surface area contributed by atoms with Gasteiger partial charge in [0.25, 0.3) is 0 Å². The summed E-state index contributed by atoms with van der Waals surface area (Å²) in [7, 11) is 0. The quantitative estimate of drug-likeness (QED) is 0.791. The smallest absolute Gasteiger partial charge is 0.248 e. The third-order valence-electron chi connectivity index (χ3n) is 1.79. The average Bonchev–Trinajstić information content (AvgIpc) is 2.15. The van der Waals surface area contributed by atoms with E-state index in [2.05, 4.69) is 0 Å². The Balaban J connectivity index is 2.69. The zero-order chi connectivity index (χ0) is 10.6. The van der Waals surface area contributed by atoms with Gasteiger partial charge >= 0.3 is 0 Å². The van der Waals surface area contributed by atoms with Crippen LogP contribution < -0.4 is 5.73 Å². The first-order valence-electron chi connectivity index (χ1n) is 4.60. The first-order valence-corrected chi connectivity index (χ1v) is 4.60. The van der Waals surface area contributed by atoms with E-state index in [0.29, 0.717) is 12.2 Å². The number of rotatable bonds is 4. The van der Waals surface area contributed by atoms with Crippen LogP contribution in [0.4, 0.5) is 0 Å². The predicted octanol–water partition coefficient (Wildman–Crippen LogP) is 1.71. The van der Waals surface area contributed by atoms with E-state index in [1.54, 1.807) is 18.2 Å². The van der Waals surface area contributed by atoms with Crippen molar-refractivity contribution in [1.29, 1.82) is 0 Å². The molecule has 0 atom stereocenters. The summed E-state index contributed by atoms with van der Waals surface area (Å²) < 4.78 is 5.41. The number of amides is 1. The molecule has 0 aliphatic carbocycles. The molecule has 3 nitrogen and oxygen atoms in total. The number of benzene rings is 1. The van der Waals surface area contributed by atoms with Gasteiger partial charge in [0, 0.05) is 5.56 Å². The molecule has 0 radical (unpaired) electrons. The van der Waals surface area contributed by atoms with Gasteiger partial charge in [-0.25, -0.2) is 0 Å². The van der Waals surface area contributed by atoms with Crippen molar-refractivity contribution >= 4 is 5.91 Å². The lowest BCUT2D eigenvalue weighted by molar-refractivity contribution is 0.0657. The maximum atomic E-state index is 10.9. The van der Waals surface area contributed by atoms with Crippen LogP contribution in [0.5, 0.6) is 0 Å². The van der Waals surface area contributed by atoms with Gasteiger partial charge in [0.05, 0.1) is 12.7 Å². The van der Waals surface area contributed by atoms with Crippen molar-refractivity contribution in [2.45, 2.75) is 26.6 Å². The third-order valence-corrected chi connectivity index (χ3v) is 1.79. The lowest BCUT2D eigenvalue weighted by Gasteiger charge is -2.07. The van der Waals surface area contributed by atoms with Crippen molar-refractivity contribution < 1.29 is 9.53 Å². The highest BCUT2D eigenvalue weighted by Crippen LogP contribution is 2.07. The van der Waals surface area contributed by atoms with Crippen molar-refractivity contribution in [3.05, 3.63) is 35.4 Å². The molecule has 0 aliphatic heterocycles. The summed E-state index contributed by atoms with van der Waals surface area (Å²) in [6.45, 7) is 4.45. The minimum atomic E-state index is -0.406. The molecule has 0 aromatic heterocycles. The fourth-order valence-corrected chi connectivity index (χ4v) is 1.08. The van der Waals surface area contributed by atoms with Crippen molar-refractivity contribution in [2.24, 2.45) is 5.73 Å². The highest BCUT2D eigenvalue weighted by Gasteiger charge is 2.01. The van der Waals surface area contributed by atoms with Gasteiger partial charge in [0.1, 0.15) is 0 Å². The zero-order valence-corrected chi connectivity index (χ0v) is 8.49. The summed E-state index contributed by atoms with van der Waals surface area (Å²) >= 11 is 0. The van der Waals surface area contributed by atoms with Crippen LogP contribution in [0.25, 0.3) is 0 Å². The van der Waals surface area contributed by atoms with Crippen LogP contribution >= 0.6 is 0 Å². The summed E-state index contributed by atoms with van der Waals surface area (Å²) in [5.41, 5.74) is 6.65. The molecule has 0 bridgehead atoms. The molecular weight excluding hydrogens is 178 g/mol. The molecule has 0 aliphatic rings. The minimum absolute atomic E-state index is 0.187. The minimum Gasteiger partial charge on any atom is -0.374 e. The monoisotopic (exact) mass is 193 g/mol. The highest BCUT2D eigenvalue weighted by atomic mass is 16.5. The first kappa shape index (κ1) is 10.7. The van der Waals surface area contributed by atoms with E-state index < -0.39 is 5.91 Å². The summed E-state index contributed by atoms with van der Waals surface area (Å²) in [6, 6.07) is 7.17. The number of primary amides is 1. The summed E-state index contributed by atoms with van der Waals surface area (Å²) in [5.74, 6) is -0.406. The number of hydrogen-bond donors (Lipinski definition) is 1. The Morgan fingerprint density at radius 1 is 1.50 bits per heavy atom. The summed E-state index contributed by atoms with van der Waals surface area (Å²) in [6.07, 6.45) is 0.187. The number of nitrogens with two attached hydrogens (primary N) is 1. The maximum Gasteiger partial charge on any atom is 0.248 e. The molecule has 2 N–H and O–H groups in total. The second kappa shape index (κ2) is 4.77. The zero-order valence-electron chi connectivity index (χ0n) is 8.49. The number of carbonyl (C=O) groups is 1. The molecule has 14 heavy (non-hydrogen) atoms. The maximum absolute atomic E-state index is 10.9. The Morgan fingerprint density at radius 3 is 2.79 bits per heavy atom. The molecule has 76 valence electrons. The van der Waals surface area contributed by atoms with Crippen LogP contribution in [0.3, 0.4) is 0 Å². The van der Waals surface area contributed by atoms with Gasteiger partial charge < -0.3 is 10.5 Å². The molecule has 0 fully saturated rings. The van der Waals surface area contributed by atoms with Crippen LogP contribution in [0.2, 0.25) is 0 Å². The summed E-state index contributed by atoms with van der Waals surface area (Å²) in [5, 5.41) is 0. The lowest BCUT2D eigenvalue weighted by Crippen LogP contribution is -2.11. The number of hydrogen-bond acceptors (Lipinski definition) is 2. The van der Waals surface area contributed by atoms with Crippen LogP contribution in [0.1, 0.15) is 29.8 Å². The van der Waals surface area contributed by atoms with Gasteiger partial charge in [-0.05, 0) is 31.5 Å². The normalized spacial score (nSPS) is 10.5. The first-order chi connectivity index (χ1) is 6.59. The molecule has 0 saturated heterocycles. The second-order valence-electron chi connectivity index (χ2n) is 3.42. The number of carbonyl (C=O) groups excluding carboxylic acids is 1. The van der Waals surface area contributed by atoms with Crippen molar-refractivity contribution in [3.8, 4) is 0 Å². The third kappa shape index (κ3) is 3.18. The second-order valence-corrected chi connectivity index (χ2v) is 3.42. The van der Waals surface area contributed by atoms with Crippen LogP contribution in [0, 0.1) is 0 Å². The van der Waals surface area contributed by atoms with Gasteiger partial charge in [-0.2, -0.15) is 0 Å². The van der Waals surface area contributed by atoms with E-state index in [0.717, 1.165) is 5.56 Å². The van der Waals surface area contributed by atoms with Gasteiger partial charge in [0.2, 0.25) is 5.91 Å².